The average molecular weight is 584 g/mol. The van der Waals surface area contributed by atoms with Crippen molar-refractivity contribution in [3.8, 4) is 11.3 Å². The Balaban J connectivity index is 1.41. The SMILES string of the molecule is CCc1onc(-c2ccccc2)c1C(=O)N1CC(CC)N(Cc2nc(N[C@H](C(N)=O)C(C)C)c3ccccc3n2)CC1C. The van der Waals surface area contributed by atoms with Crippen LogP contribution in [0.5, 0.6) is 0 Å². The minimum atomic E-state index is -0.560. The van der Waals surface area contributed by atoms with Gasteiger partial charge >= 0.3 is 0 Å². The second-order valence-electron chi connectivity index (χ2n) is 11.6. The number of fused-ring (bicyclic) bond motifs is 1. The number of benzene rings is 2. The summed E-state index contributed by atoms with van der Waals surface area (Å²) in [5.41, 5.74) is 8.50. The number of rotatable bonds is 10. The predicted molar refractivity (Wildman–Crippen MR) is 167 cm³/mol. The van der Waals surface area contributed by atoms with Crippen molar-refractivity contribution in [3.63, 3.8) is 0 Å². The van der Waals surface area contributed by atoms with Gasteiger partial charge < -0.3 is 20.5 Å². The number of nitrogens with one attached hydrogen (secondary N) is 1. The van der Waals surface area contributed by atoms with Gasteiger partial charge in [0.2, 0.25) is 5.91 Å². The number of nitrogens with zero attached hydrogens (tertiary/aromatic N) is 5. The molecule has 1 saturated heterocycles. The molecule has 3 heterocycles. The van der Waals surface area contributed by atoms with Crippen LogP contribution in [0.3, 0.4) is 0 Å². The lowest BCUT2D eigenvalue weighted by Crippen LogP contribution is -2.58. The van der Waals surface area contributed by atoms with Gasteiger partial charge in [0.15, 0.2) is 0 Å². The molecule has 2 amide bonds. The standard InChI is InChI=1S/C33H41N7O3/c1-6-23-18-40(33(42)28-26(7-2)43-38-30(28)22-13-9-8-10-14-22)21(5)17-39(23)19-27-35-25-16-12-11-15-24(25)32(36-27)37-29(20(3)4)31(34)41/h8-16,20-21,23,29H,6-7,17-19H2,1-5H3,(H2,34,41)(H,35,36,37)/t21?,23?,29-/m0/s1. The number of aryl methyl sites for hydroxylation is 1. The summed E-state index contributed by atoms with van der Waals surface area (Å²) in [4.78, 5) is 40.4. The highest BCUT2D eigenvalue weighted by Crippen LogP contribution is 2.30. The lowest BCUT2D eigenvalue weighted by Gasteiger charge is -2.45. The van der Waals surface area contributed by atoms with Gasteiger partial charge in [-0.05, 0) is 31.4 Å². The van der Waals surface area contributed by atoms with Gasteiger partial charge in [0.25, 0.3) is 5.91 Å². The molecular formula is C33H41N7O3. The van der Waals surface area contributed by atoms with Crippen LogP contribution in [0.1, 0.15) is 63.0 Å². The summed E-state index contributed by atoms with van der Waals surface area (Å²) < 4.78 is 5.64. The van der Waals surface area contributed by atoms with Crippen molar-refractivity contribution in [2.24, 2.45) is 11.7 Å². The third-order valence-corrected chi connectivity index (χ3v) is 8.29. The largest absolute Gasteiger partial charge is 0.368 e. The number of nitrogens with two attached hydrogens (primary N) is 1. The van der Waals surface area contributed by atoms with Crippen LogP contribution >= 0.6 is 0 Å². The third-order valence-electron chi connectivity index (χ3n) is 8.29. The van der Waals surface area contributed by atoms with Gasteiger partial charge in [0, 0.05) is 42.5 Å². The number of carbonyl (C=O) groups excluding carboxylic acids is 2. The number of piperazine rings is 1. The number of hydrogen-bond donors (Lipinski definition) is 2. The molecule has 5 rings (SSSR count). The maximum atomic E-state index is 14.1. The smallest absolute Gasteiger partial charge is 0.260 e. The van der Waals surface area contributed by atoms with Crippen molar-refractivity contribution < 1.29 is 14.1 Å². The van der Waals surface area contributed by atoms with Gasteiger partial charge in [-0.15, -0.1) is 0 Å². The van der Waals surface area contributed by atoms with E-state index < -0.39 is 11.9 Å². The average Bonchev–Trinajstić information content (AvgIpc) is 3.44. The number of anilines is 1. The van der Waals surface area contributed by atoms with E-state index in [9.17, 15) is 9.59 Å². The van der Waals surface area contributed by atoms with Crippen LogP contribution in [-0.4, -0.2) is 68.0 Å². The molecule has 3 atom stereocenters. The third kappa shape index (κ3) is 6.24. The summed E-state index contributed by atoms with van der Waals surface area (Å²) in [6, 6.07) is 17.0. The van der Waals surface area contributed by atoms with E-state index in [1.807, 2.05) is 80.3 Å². The Bertz CT molecular complexity index is 1590. The molecule has 0 radical (unpaired) electrons. The fourth-order valence-electron chi connectivity index (χ4n) is 5.90. The summed E-state index contributed by atoms with van der Waals surface area (Å²) in [6.45, 7) is 11.8. The van der Waals surface area contributed by atoms with E-state index in [0.717, 1.165) is 22.9 Å². The van der Waals surface area contributed by atoms with E-state index in [0.29, 0.717) is 54.7 Å². The highest BCUT2D eigenvalue weighted by molar-refractivity contribution is 6.01. The molecule has 0 saturated carbocycles. The van der Waals surface area contributed by atoms with Crippen LogP contribution in [0.4, 0.5) is 5.82 Å². The Morgan fingerprint density at radius 2 is 1.77 bits per heavy atom. The first kappa shape index (κ1) is 30.2. The number of primary amides is 1. The zero-order chi connectivity index (χ0) is 30.7. The normalized spacial score (nSPS) is 18.2. The maximum absolute atomic E-state index is 14.1. The van der Waals surface area contributed by atoms with Crippen molar-refractivity contribution in [2.75, 3.05) is 18.4 Å². The lowest BCUT2D eigenvalue weighted by atomic mass is 10.00. The minimum Gasteiger partial charge on any atom is -0.368 e. The van der Waals surface area contributed by atoms with Crippen molar-refractivity contribution in [1.29, 1.82) is 0 Å². The van der Waals surface area contributed by atoms with Crippen LogP contribution in [-0.2, 0) is 17.8 Å². The molecule has 0 aliphatic carbocycles. The molecule has 10 nitrogen and oxygen atoms in total. The fourth-order valence-corrected chi connectivity index (χ4v) is 5.90. The van der Waals surface area contributed by atoms with Crippen LogP contribution in [0.25, 0.3) is 22.2 Å². The van der Waals surface area contributed by atoms with Crippen molar-refractivity contribution >= 4 is 28.5 Å². The van der Waals surface area contributed by atoms with E-state index in [1.54, 1.807) is 0 Å². The molecule has 226 valence electrons. The Labute approximate surface area is 252 Å². The molecule has 2 unspecified atom stereocenters. The van der Waals surface area contributed by atoms with Crippen molar-refractivity contribution in [1.82, 2.24) is 24.9 Å². The first-order chi connectivity index (χ1) is 20.7. The topological polar surface area (TPSA) is 130 Å². The van der Waals surface area contributed by atoms with Crippen molar-refractivity contribution in [3.05, 3.63) is 71.7 Å². The summed E-state index contributed by atoms with van der Waals surface area (Å²) >= 11 is 0. The van der Waals surface area contributed by atoms with E-state index in [1.165, 1.54) is 0 Å². The van der Waals surface area contributed by atoms with E-state index in [2.05, 4.69) is 29.2 Å². The number of para-hydroxylation sites is 1. The zero-order valence-corrected chi connectivity index (χ0v) is 25.6. The van der Waals surface area contributed by atoms with E-state index in [-0.39, 0.29) is 23.9 Å². The summed E-state index contributed by atoms with van der Waals surface area (Å²) in [5, 5.41) is 8.42. The molecule has 3 N–H and O–H groups in total. The molecule has 2 aromatic heterocycles. The van der Waals surface area contributed by atoms with Gasteiger partial charge in [-0.1, -0.05) is 75.3 Å². The summed E-state index contributed by atoms with van der Waals surface area (Å²) in [7, 11) is 0. The first-order valence-electron chi connectivity index (χ1n) is 15.1. The van der Waals surface area contributed by atoms with Crippen LogP contribution in [0.2, 0.25) is 0 Å². The van der Waals surface area contributed by atoms with Gasteiger partial charge in [-0.2, -0.15) is 0 Å². The quantitative estimate of drug-likeness (QED) is 0.270. The summed E-state index contributed by atoms with van der Waals surface area (Å²) in [5.74, 6) is 1.37. The molecule has 43 heavy (non-hydrogen) atoms. The highest BCUT2D eigenvalue weighted by Gasteiger charge is 2.37. The number of amides is 2. The highest BCUT2D eigenvalue weighted by atomic mass is 16.5. The van der Waals surface area contributed by atoms with Gasteiger partial charge in [-0.25, -0.2) is 9.97 Å². The molecule has 2 aromatic carbocycles. The summed E-state index contributed by atoms with van der Waals surface area (Å²) in [6.07, 6.45) is 1.43. The second-order valence-corrected chi connectivity index (χ2v) is 11.6. The molecule has 10 heteroatoms. The number of carbonyl (C=O) groups is 2. The van der Waals surface area contributed by atoms with E-state index in [4.69, 9.17) is 20.2 Å². The second kappa shape index (κ2) is 12.9. The van der Waals surface area contributed by atoms with Gasteiger partial charge in [0.1, 0.15) is 34.7 Å². The Morgan fingerprint density at radius 1 is 1.05 bits per heavy atom. The van der Waals surface area contributed by atoms with Gasteiger partial charge in [0.05, 0.1) is 12.1 Å². The molecular weight excluding hydrogens is 542 g/mol. The lowest BCUT2D eigenvalue weighted by molar-refractivity contribution is -0.119. The minimum absolute atomic E-state index is 0.00771. The monoisotopic (exact) mass is 583 g/mol. The Morgan fingerprint density at radius 3 is 2.44 bits per heavy atom. The Hall–Kier alpha value is -4.31. The molecule has 1 fully saturated rings. The van der Waals surface area contributed by atoms with Gasteiger partial charge in [-0.3, -0.25) is 14.5 Å². The molecule has 1 aliphatic heterocycles. The van der Waals surface area contributed by atoms with Crippen LogP contribution < -0.4 is 11.1 Å². The number of aromatic nitrogens is 3. The predicted octanol–water partition coefficient (Wildman–Crippen LogP) is 4.89. The molecule has 1 aliphatic rings. The maximum Gasteiger partial charge on any atom is 0.260 e. The fraction of sp³-hybridized carbons (Fsp3) is 0.424. The molecule has 4 aromatic rings. The zero-order valence-electron chi connectivity index (χ0n) is 25.6. The van der Waals surface area contributed by atoms with Crippen molar-refractivity contribution in [2.45, 2.75) is 72.1 Å². The number of hydrogen-bond acceptors (Lipinski definition) is 8. The Kier molecular flexibility index (Phi) is 9.05. The molecule has 0 spiro atoms. The molecule has 0 bridgehead atoms. The van der Waals surface area contributed by atoms with Crippen LogP contribution in [0, 0.1) is 5.92 Å². The van der Waals surface area contributed by atoms with E-state index >= 15 is 0 Å². The van der Waals surface area contributed by atoms with Crippen LogP contribution in [0.15, 0.2) is 59.1 Å². The first-order valence-corrected chi connectivity index (χ1v) is 15.1.